The van der Waals surface area contributed by atoms with Crippen LogP contribution >= 0.6 is 68.4 Å². The van der Waals surface area contributed by atoms with Crippen molar-refractivity contribution in [3.63, 3.8) is 0 Å². The van der Waals surface area contributed by atoms with Gasteiger partial charge in [0.15, 0.2) is 23.3 Å². The number of hydrogen-bond donors (Lipinski definition) is 6. The molecule has 0 heterocycles. The lowest BCUT2D eigenvalue weighted by molar-refractivity contribution is -0.0805. The first-order chi connectivity index (χ1) is 26.4. The van der Waals surface area contributed by atoms with Crippen LogP contribution in [0.1, 0.15) is 47.4 Å². The molecule has 5 rings (SSSR count). The van der Waals surface area contributed by atoms with Crippen LogP contribution in [-0.4, -0.2) is 47.4 Å². The average molecular weight is 1060 g/mol. The molecule has 0 aliphatic heterocycles. The van der Waals surface area contributed by atoms with Crippen molar-refractivity contribution in [3.8, 4) is 0 Å². The average Bonchev–Trinajstić information content (AvgIpc) is 3.91. The van der Waals surface area contributed by atoms with Gasteiger partial charge in [-0.2, -0.15) is 0 Å². The Kier molecular flexibility index (Phi) is 16.3. The van der Waals surface area contributed by atoms with E-state index in [-0.39, 0.29) is 60.6 Å². The van der Waals surface area contributed by atoms with Crippen LogP contribution in [0.3, 0.4) is 0 Å². The number of benzene rings is 4. The molecule has 10 nitrogen and oxygen atoms in total. The van der Waals surface area contributed by atoms with Crippen LogP contribution in [0, 0.1) is 53.9 Å². The molecule has 2 unspecified atom stereocenters. The number of rotatable bonds is 14. The fraction of sp³-hybridized carbons (Fsp3) is 0.278. The number of anilines is 4. The third kappa shape index (κ3) is 12.0. The van der Waals surface area contributed by atoms with Gasteiger partial charge in [-0.3, -0.25) is 19.3 Å². The largest absolute Gasteiger partial charge is 0.396 e. The summed E-state index contributed by atoms with van der Waals surface area (Å²) in [5.74, 6) is -8.57. The second-order valence-electron chi connectivity index (χ2n) is 12.8. The topological polar surface area (TPSA) is 141 Å². The van der Waals surface area contributed by atoms with Crippen molar-refractivity contribution in [2.45, 2.75) is 32.3 Å². The summed E-state index contributed by atoms with van der Waals surface area (Å²) in [6.07, 6.45) is 0.993. The molecule has 0 saturated heterocycles. The van der Waals surface area contributed by atoms with E-state index in [1.54, 1.807) is 26.0 Å². The molecule has 0 bridgehead atoms. The predicted molar refractivity (Wildman–Crippen MR) is 214 cm³/mol. The molecule has 56 heavy (non-hydrogen) atoms. The second kappa shape index (κ2) is 20.0. The molecule has 6 N–H and O–H groups in total. The van der Waals surface area contributed by atoms with Gasteiger partial charge in [0.1, 0.15) is 11.6 Å². The minimum Gasteiger partial charge on any atom is -0.396 e. The monoisotopic (exact) mass is 1050 g/mol. The summed E-state index contributed by atoms with van der Waals surface area (Å²) in [4.78, 5) is 35.2. The molecule has 20 heteroatoms. The van der Waals surface area contributed by atoms with E-state index in [9.17, 15) is 35.9 Å². The van der Waals surface area contributed by atoms with E-state index in [1.165, 1.54) is 24.3 Å². The number of hydroxylamine groups is 2. The Hall–Kier alpha value is -3.12. The fourth-order valence-corrected chi connectivity index (χ4v) is 6.10. The van der Waals surface area contributed by atoms with Crippen LogP contribution in [-0.2, 0) is 9.68 Å². The number of aliphatic hydroxyl groups excluding tert-OH is 2. The van der Waals surface area contributed by atoms with Crippen molar-refractivity contribution in [1.29, 1.82) is 0 Å². The maximum absolute atomic E-state index is 14.5. The van der Waals surface area contributed by atoms with Gasteiger partial charge in [0.2, 0.25) is 0 Å². The highest BCUT2D eigenvalue weighted by molar-refractivity contribution is 14.1. The first-order valence-electron chi connectivity index (χ1n) is 16.3. The van der Waals surface area contributed by atoms with E-state index in [1.807, 2.05) is 45.2 Å². The highest BCUT2D eigenvalue weighted by Gasteiger charge is 2.37. The Morgan fingerprint density at radius 3 is 1.62 bits per heavy atom. The first kappa shape index (κ1) is 45.6. The molecule has 1 aliphatic carbocycles. The SMILES string of the molecule is CC(C)(CCO)ONC(=O)c1cc(Cl)c(F)c(F)c1Nc1ccc(I)cc1F.O=C(NOCC1CC1CO)c1cc(Cl)c(F)c(F)c1Nc1ccc(I)cc1F. The van der Waals surface area contributed by atoms with Crippen molar-refractivity contribution in [2.75, 3.05) is 30.5 Å². The number of hydrogen-bond acceptors (Lipinski definition) is 8. The maximum Gasteiger partial charge on any atom is 0.277 e. The van der Waals surface area contributed by atoms with Gasteiger partial charge >= 0.3 is 0 Å². The second-order valence-corrected chi connectivity index (χ2v) is 16.1. The predicted octanol–water partition coefficient (Wildman–Crippen LogP) is 9.32. The Bertz CT molecular complexity index is 2100. The number of aliphatic hydroxyl groups is 2. The summed E-state index contributed by atoms with van der Waals surface area (Å²) in [6.45, 7) is 3.25. The lowest BCUT2D eigenvalue weighted by Crippen LogP contribution is -2.36. The van der Waals surface area contributed by atoms with Crippen LogP contribution in [0.15, 0.2) is 48.5 Å². The smallest absolute Gasteiger partial charge is 0.277 e. The standard InChI is InChI=1S/C18H15ClF3IN2O3.C18H17ClF3IN2O3/c19-12-5-11(18(27)25-28-7-9-3-8(9)6-26)17(16(22)15(12)21)24-14-2-1-10(23)4-13(14)20;1-18(2,5-6-26)28-25-17(27)10-8-11(19)14(21)15(22)16(10)24-13-4-3-9(23)7-12(13)20/h1-2,4-5,8-9,24,26H,3,6-7H2,(H,25,27);3-4,7-8,24,26H,5-6H2,1-2H3,(H,25,27). The Balaban J connectivity index is 0.000000249. The summed E-state index contributed by atoms with van der Waals surface area (Å²) < 4.78 is 86.2. The fourth-order valence-electron chi connectivity index (χ4n) is 4.81. The maximum atomic E-state index is 14.5. The Labute approximate surface area is 353 Å². The summed E-state index contributed by atoms with van der Waals surface area (Å²) in [5, 5.41) is 21.6. The van der Waals surface area contributed by atoms with Crippen LogP contribution in [0.5, 0.6) is 0 Å². The molecule has 1 aliphatic rings. The number of carbonyl (C=O) groups excluding carboxylic acids is 2. The van der Waals surface area contributed by atoms with Gasteiger partial charge in [-0.15, -0.1) is 0 Å². The molecular weight excluding hydrogens is 1020 g/mol. The van der Waals surface area contributed by atoms with Gasteiger partial charge in [0.05, 0.1) is 56.1 Å². The van der Waals surface area contributed by atoms with Gasteiger partial charge in [0, 0.05) is 26.8 Å². The summed E-state index contributed by atoms with van der Waals surface area (Å²) in [7, 11) is 0. The quantitative estimate of drug-likeness (QED) is 0.0318. The molecular formula is C36H32Cl2F6I2N4O6. The molecule has 0 aromatic heterocycles. The molecule has 1 saturated carbocycles. The van der Waals surface area contributed by atoms with Gasteiger partial charge in [0.25, 0.3) is 11.8 Å². The molecule has 0 spiro atoms. The van der Waals surface area contributed by atoms with Gasteiger partial charge in [-0.05, 0) is 126 Å². The van der Waals surface area contributed by atoms with E-state index in [0.717, 1.165) is 18.6 Å². The summed E-state index contributed by atoms with van der Waals surface area (Å²) in [5.41, 5.74) is 1.14. The third-order valence-corrected chi connectivity index (χ3v) is 9.99. The van der Waals surface area contributed by atoms with E-state index in [4.69, 9.17) is 43.1 Å². The molecule has 2 atom stereocenters. The zero-order valence-corrected chi connectivity index (χ0v) is 34.9. The van der Waals surface area contributed by atoms with Gasteiger partial charge < -0.3 is 20.8 Å². The van der Waals surface area contributed by atoms with E-state index in [2.05, 4.69) is 21.6 Å². The number of halogens is 10. The van der Waals surface area contributed by atoms with Crippen LogP contribution < -0.4 is 21.6 Å². The van der Waals surface area contributed by atoms with Crippen molar-refractivity contribution in [2.24, 2.45) is 11.8 Å². The van der Waals surface area contributed by atoms with Crippen molar-refractivity contribution >= 4 is 103 Å². The number of amides is 2. The molecule has 302 valence electrons. The van der Waals surface area contributed by atoms with E-state index < -0.39 is 73.7 Å². The van der Waals surface area contributed by atoms with E-state index in [0.29, 0.717) is 7.14 Å². The van der Waals surface area contributed by atoms with Crippen LogP contribution in [0.4, 0.5) is 49.1 Å². The molecule has 1 fully saturated rings. The lowest BCUT2D eigenvalue weighted by atomic mass is 10.1. The zero-order valence-electron chi connectivity index (χ0n) is 29.1. The molecule has 4 aromatic carbocycles. The number of carbonyl (C=O) groups is 2. The Morgan fingerprint density at radius 1 is 0.750 bits per heavy atom. The number of nitrogens with one attached hydrogen (secondary N) is 4. The Morgan fingerprint density at radius 2 is 1.21 bits per heavy atom. The summed E-state index contributed by atoms with van der Waals surface area (Å²) >= 11 is 15.1. The highest BCUT2D eigenvalue weighted by Crippen LogP contribution is 2.38. The third-order valence-electron chi connectivity index (χ3n) is 8.10. The van der Waals surface area contributed by atoms with E-state index >= 15 is 0 Å². The molecule has 2 amide bonds. The lowest BCUT2D eigenvalue weighted by Gasteiger charge is -2.24. The molecule has 4 aromatic rings. The van der Waals surface area contributed by atoms with Crippen molar-refractivity contribution < 1.29 is 55.8 Å². The van der Waals surface area contributed by atoms with Gasteiger partial charge in [-0.1, -0.05) is 23.2 Å². The first-order valence-corrected chi connectivity index (χ1v) is 19.2. The molecule has 0 radical (unpaired) electrons. The zero-order chi connectivity index (χ0) is 41.5. The van der Waals surface area contributed by atoms with Crippen LogP contribution in [0.25, 0.3) is 0 Å². The summed E-state index contributed by atoms with van der Waals surface area (Å²) in [6, 6.07) is 10.00. The van der Waals surface area contributed by atoms with Crippen molar-refractivity contribution in [1.82, 2.24) is 11.0 Å². The van der Waals surface area contributed by atoms with Crippen molar-refractivity contribution in [3.05, 3.63) is 112 Å². The normalized spacial score (nSPS) is 14.8. The minimum absolute atomic E-state index is 0.0381. The van der Waals surface area contributed by atoms with Gasteiger partial charge in [-0.25, -0.2) is 37.3 Å². The van der Waals surface area contributed by atoms with Crippen LogP contribution in [0.2, 0.25) is 10.0 Å². The highest BCUT2D eigenvalue weighted by atomic mass is 127. The minimum atomic E-state index is -1.44.